The molecule has 0 bridgehead atoms. The fraction of sp³-hybridized carbons (Fsp3) is 0.250. The Hall–Kier alpha value is -3.02. The van der Waals surface area contributed by atoms with Gasteiger partial charge >= 0.3 is 12.3 Å². The Balaban J connectivity index is 1.53. The van der Waals surface area contributed by atoms with Crippen LogP contribution in [0.25, 0.3) is 10.6 Å². The average Bonchev–Trinajstić information content (AvgIpc) is 3.35. The van der Waals surface area contributed by atoms with Gasteiger partial charge in [0.05, 0.1) is 25.0 Å². The smallest absolute Gasteiger partial charge is 0.434 e. The van der Waals surface area contributed by atoms with E-state index in [9.17, 15) is 22.4 Å². The normalized spacial score (nSPS) is 17.2. The van der Waals surface area contributed by atoms with E-state index in [2.05, 4.69) is 15.3 Å². The van der Waals surface area contributed by atoms with Gasteiger partial charge in [0.15, 0.2) is 5.69 Å². The second kappa shape index (κ2) is 6.86. The first-order chi connectivity index (χ1) is 13.3. The molecule has 1 fully saturated rings. The fourth-order valence-corrected chi connectivity index (χ4v) is 3.59. The summed E-state index contributed by atoms with van der Waals surface area (Å²) in [5.74, 6) is -0.784. The van der Waals surface area contributed by atoms with Crippen LogP contribution in [0.2, 0.25) is 0 Å². The number of amides is 1. The molecule has 3 heterocycles. The van der Waals surface area contributed by atoms with Crippen molar-refractivity contribution in [2.24, 2.45) is 0 Å². The molecule has 2 aromatic heterocycles. The lowest BCUT2D eigenvalue weighted by molar-refractivity contribution is -0.140. The summed E-state index contributed by atoms with van der Waals surface area (Å²) in [6, 6.07) is 3.80. The molecule has 28 heavy (non-hydrogen) atoms. The van der Waals surface area contributed by atoms with Crippen molar-refractivity contribution in [3.63, 3.8) is 0 Å². The maximum absolute atomic E-state index is 14.5. The lowest BCUT2D eigenvalue weighted by Crippen LogP contribution is -2.26. The second-order valence-electron chi connectivity index (χ2n) is 5.94. The summed E-state index contributed by atoms with van der Waals surface area (Å²) in [6.07, 6.45) is -2.63. The molecule has 1 aliphatic rings. The third-order valence-corrected chi connectivity index (χ3v) is 4.90. The molecule has 3 aromatic rings. The van der Waals surface area contributed by atoms with Gasteiger partial charge in [0.2, 0.25) is 0 Å². The maximum Gasteiger partial charge on any atom is 0.434 e. The molecule has 146 valence electrons. The third kappa shape index (κ3) is 3.54. The highest BCUT2D eigenvalue weighted by Crippen LogP contribution is 2.35. The quantitative estimate of drug-likeness (QED) is 0.612. The summed E-state index contributed by atoms with van der Waals surface area (Å²) >= 11 is 0.693. The number of ether oxygens (including phenoxy) is 1. The number of carbonyl (C=O) groups is 1. The number of aromatic nitrogens is 4. The van der Waals surface area contributed by atoms with E-state index < -0.39 is 29.9 Å². The molecule has 1 amide bonds. The van der Waals surface area contributed by atoms with Crippen molar-refractivity contribution >= 4 is 23.1 Å². The maximum atomic E-state index is 14.5. The van der Waals surface area contributed by atoms with Crippen LogP contribution in [-0.2, 0) is 17.5 Å². The van der Waals surface area contributed by atoms with Gasteiger partial charge < -0.3 is 4.74 Å². The summed E-state index contributed by atoms with van der Waals surface area (Å²) in [5.41, 5.74) is -0.911. The lowest BCUT2D eigenvalue weighted by atomic mass is 10.2. The predicted molar refractivity (Wildman–Crippen MR) is 90.1 cm³/mol. The van der Waals surface area contributed by atoms with Crippen molar-refractivity contribution < 1.29 is 27.1 Å². The molecule has 7 nitrogen and oxygen atoms in total. The van der Waals surface area contributed by atoms with Crippen molar-refractivity contribution in [3.05, 3.63) is 47.5 Å². The third-order valence-electron chi connectivity index (χ3n) is 4.03. The number of alkyl halides is 3. The van der Waals surface area contributed by atoms with Crippen LogP contribution in [0.15, 0.2) is 36.0 Å². The van der Waals surface area contributed by atoms with Gasteiger partial charge in [-0.25, -0.2) is 18.9 Å². The summed E-state index contributed by atoms with van der Waals surface area (Å²) in [7, 11) is 0. The zero-order valence-corrected chi connectivity index (χ0v) is 14.7. The highest BCUT2D eigenvalue weighted by Gasteiger charge is 2.35. The molecule has 1 atom stereocenters. The minimum atomic E-state index is -4.59. The van der Waals surface area contributed by atoms with Crippen LogP contribution in [0.3, 0.4) is 0 Å². The Kier molecular flexibility index (Phi) is 4.49. The number of halogens is 4. The van der Waals surface area contributed by atoms with Crippen LogP contribution in [0.1, 0.15) is 5.69 Å². The van der Waals surface area contributed by atoms with Gasteiger partial charge in [-0.1, -0.05) is 5.21 Å². The minimum Gasteiger partial charge on any atom is -0.442 e. The molecule has 0 N–H and O–H groups in total. The molecule has 0 unspecified atom stereocenters. The molecule has 0 radical (unpaired) electrons. The topological polar surface area (TPSA) is 73.1 Å². The first kappa shape index (κ1) is 18.3. The Morgan fingerprint density at radius 3 is 2.79 bits per heavy atom. The van der Waals surface area contributed by atoms with E-state index in [1.807, 2.05) is 0 Å². The van der Waals surface area contributed by atoms with Crippen LogP contribution < -0.4 is 4.90 Å². The summed E-state index contributed by atoms with van der Waals surface area (Å²) in [4.78, 5) is 16.8. The number of nitrogens with zero attached hydrogens (tertiary/aromatic N) is 5. The van der Waals surface area contributed by atoms with Gasteiger partial charge in [0.1, 0.15) is 16.9 Å². The largest absolute Gasteiger partial charge is 0.442 e. The van der Waals surface area contributed by atoms with Crippen LogP contribution in [-0.4, -0.2) is 38.7 Å². The van der Waals surface area contributed by atoms with Crippen molar-refractivity contribution in [1.29, 1.82) is 0 Å². The van der Waals surface area contributed by atoms with E-state index in [0.29, 0.717) is 17.9 Å². The molecule has 4 rings (SSSR count). The Bertz CT molecular complexity index is 1000. The van der Waals surface area contributed by atoms with Gasteiger partial charge in [-0.2, -0.15) is 13.2 Å². The highest BCUT2D eigenvalue weighted by molar-refractivity contribution is 7.13. The first-order valence-electron chi connectivity index (χ1n) is 7.96. The number of rotatable bonds is 4. The van der Waals surface area contributed by atoms with Crippen LogP contribution >= 0.6 is 11.3 Å². The SMILES string of the molecule is O=C1O[C@@H](Cn2ccnn2)CN1c1ccc(-c2nc(C(F)(F)F)cs2)c(F)c1. The molecule has 1 aliphatic heterocycles. The molecule has 12 heteroatoms. The summed E-state index contributed by atoms with van der Waals surface area (Å²) in [5, 5.41) is 8.19. The number of carbonyl (C=O) groups excluding carboxylic acids is 1. The molecule has 1 aromatic carbocycles. The second-order valence-corrected chi connectivity index (χ2v) is 6.80. The van der Waals surface area contributed by atoms with Gasteiger partial charge in [0, 0.05) is 17.1 Å². The van der Waals surface area contributed by atoms with Gasteiger partial charge in [0.25, 0.3) is 0 Å². The summed E-state index contributed by atoms with van der Waals surface area (Å²) < 4.78 is 59.3. The Labute approximate surface area is 159 Å². The van der Waals surface area contributed by atoms with Crippen LogP contribution in [0.5, 0.6) is 0 Å². The molecule has 0 saturated carbocycles. The fourth-order valence-electron chi connectivity index (χ4n) is 2.74. The van der Waals surface area contributed by atoms with Crippen molar-refractivity contribution in [2.75, 3.05) is 11.4 Å². The number of cyclic esters (lactones) is 1. The standard InChI is InChI=1S/C16H11F4N5O2S/c17-12-5-9(1-2-11(12)14-22-13(8-28-14)16(18,19)20)25-7-10(27-15(25)26)6-24-4-3-21-23-24/h1-5,8,10H,6-7H2/t10-/m0/s1. The van der Waals surface area contributed by atoms with Gasteiger partial charge in [-0.3, -0.25) is 4.90 Å². The van der Waals surface area contributed by atoms with Gasteiger partial charge in [-0.15, -0.1) is 16.4 Å². The van der Waals surface area contributed by atoms with Crippen LogP contribution in [0, 0.1) is 5.82 Å². The number of hydrogen-bond donors (Lipinski definition) is 0. The van der Waals surface area contributed by atoms with Crippen molar-refractivity contribution in [3.8, 4) is 10.6 Å². The predicted octanol–water partition coefficient (Wildman–Crippen LogP) is 3.58. The van der Waals surface area contributed by atoms with E-state index >= 15 is 0 Å². The zero-order chi connectivity index (χ0) is 19.9. The van der Waals surface area contributed by atoms with E-state index in [1.54, 1.807) is 6.20 Å². The van der Waals surface area contributed by atoms with E-state index in [0.717, 1.165) is 11.4 Å². The molecule has 1 saturated heterocycles. The molecule has 0 aliphatic carbocycles. The first-order valence-corrected chi connectivity index (χ1v) is 8.84. The number of hydrogen-bond acceptors (Lipinski definition) is 6. The summed E-state index contributed by atoms with van der Waals surface area (Å²) in [6.45, 7) is 0.467. The average molecular weight is 413 g/mol. The number of benzene rings is 1. The molecular formula is C16H11F4N5O2S. The number of anilines is 1. The monoisotopic (exact) mass is 413 g/mol. The Morgan fingerprint density at radius 1 is 1.32 bits per heavy atom. The van der Waals surface area contributed by atoms with Crippen molar-refractivity contribution in [1.82, 2.24) is 20.0 Å². The molecular weight excluding hydrogens is 402 g/mol. The Morgan fingerprint density at radius 2 is 2.14 bits per heavy atom. The zero-order valence-electron chi connectivity index (χ0n) is 13.9. The van der Waals surface area contributed by atoms with E-state index in [-0.39, 0.29) is 22.8 Å². The van der Waals surface area contributed by atoms with E-state index in [4.69, 9.17) is 4.74 Å². The van der Waals surface area contributed by atoms with E-state index in [1.165, 1.54) is 27.9 Å². The molecule has 0 spiro atoms. The lowest BCUT2D eigenvalue weighted by Gasteiger charge is -2.14. The number of thiazole rings is 1. The van der Waals surface area contributed by atoms with Gasteiger partial charge in [-0.05, 0) is 18.2 Å². The highest BCUT2D eigenvalue weighted by atomic mass is 32.1. The van der Waals surface area contributed by atoms with Crippen molar-refractivity contribution in [2.45, 2.75) is 18.8 Å². The van der Waals surface area contributed by atoms with Crippen LogP contribution in [0.4, 0.5) is 28.0 Å². The minimum absolute atomic E-state index is 0.0732.